The molecule has 0 bridgehead atoms. The Morgan fingerprint density at radius 2 is 2.17 bits per heavy atom. The van der Waals surface area contributed by atoms with E-state index < -0.39 is 12.6 Å². The number of carboxylic acids is 1. The Hall–Kier alpha value is -1.99. The summed E-state index contributed by atoms with van der Waals surface area (Å²) in [6, 6.07) is 4.65. The number of thioether (sulfide) groups is 1. The first-order valence-electron chi connectivity index (χ1n) is 7.30. The van der Waals surface area contributed by atoms with E-state index in [0.717, 1.165) is 24.6 Å². The van der Waals surface area contributed by atoms with Crippen molar-refractivity contribution in [3.8, 4) is 5.75 Å². The molecule has 1 aliphatic rings. The molecule has 128 valence electrons. The Labute approximate surface area is 148 Å². The van der Waals surface area contributed by atoms with Crippen LogP contribution in [0.1, 0.15) is 25.3 Å². The minimum atomic E-state index is -1.35. The Morgan fingerprint density at radius 3 is 2.79 bits per heavy atom. The van der Waals surface area contributed by atoms with Gasteiger partial charge in [0.25, 0.3) is 11.1 Å². The lowest BCUT2D eigenvalue weighted by Gasteiger charge is -2.11. The van der Waals surface area contributed by atoms with Gasteiger partial charge in [0.2, 0.25) is 0 Å². The number of carbonyl (C=O) groups is 3. The van der Waals surface area contributed by atoms with Crippen LogP contribution in [-0.4, -0.2) is 35.2 Å². The lowest BCUT2D eigenvalue weighted by molar-refractivity contribution is -0.307. The van der Waals surface area contributed by atoms with E-state index in [1.807, 2.05) is 6.92 Å². The maximum atomic E-state index is 12.2. The standard InChI is InChI=1S/C16H16ClNO5S/c1-2-3-6-18-15(21)13(24-16(18)22)8-10-4-5-12(11(17)7-10)23-9-14(19)20/h4-5,7-8H,2-3,6,9H2,1H3,(H,19,20)/p-1/b13-8-. The molecule has 0 unspecified atom stereocenters. The summed E-state index contributed by atoms with van der Waals surface area (Å²) in [5.74, 6) is -1.46. The number of rotatable bonds is 7. The molecule has 1 saturated heterocycles. The molecule has 2 rings (SSSR count). The summed E-state index contributed by atoms with van der Waals surface area (Å²) in [7, 11) is 0. The Kier molecular flexibility index (Phi) is 6.28. The molecule has 8 heteroatoms. The highest BCUT2D eigenvalue weighted by Gasteiger charge is 2.34. The number of carbonyl (C=O) groups excluding carboxylic acids is 3. The average Bonchev–Trinajstić information content (AvgIpc) is 2.78. The van der Waals surface area contributed by atoms with Crippen LogP contribution < -0.4 is 9.84 Å². The third-order valence-corrected chi connectivity index (χ3v) is 4.41. The fourth-order valence-corrected chi connectivity index (χ4v) is 3.13. The van der Waals surface area contributed by atoms with Crippen molar-refractivity contribution in [1.82, 2.24) is 4.90 Å². The van der Waals surface area contributed by atoms with Gasteiger partial charge in [-0.05, 0) is 42.0 Å². The largest absolute Gasteiger partial charge is 0.546 e. The highest BCUT2D eigenvalue weighted by atomic mass is 35.5. The molecule has 1 aromatic carbocycles. The zero-order valence-electron chi connectivity index (χ0n) is 12.9. The minimum Gasteiger partial charge on any atom is -0.546 e. The molecule has 24 heavy (non-hydrogen) atoms. The van der Waals surface area contributed by atoms with E-state index in [4.69, 9.17) is 16.3 Å². The predicted octanol–water partition coefficient (Wildman–Crippen LogP) is 2.31. The number of hydrogen-bond donors (Lipinski definition) is 0. The summed E-state index contributed by atoms with van der Waals surface area (Å²) >= 11 is 6.91. The van der Waals surface area contributed by atoms with Crippen molar-refractivity contribution >= 4 is 46.6 Å². The fourth-order valence-electron chi connectivity index (χ4n) is 2.02. The number of carboxylic acid groups (broad SMARTS) is 1. The molecule has 0 radical (unpaired) electrons. The van der Waals surface area contributed by atoms with Gasteiger partial charge in [-0.25, -0.2) is 0 Å². The van der Waals surface area contributed by atoms with Crippen molar-refractivity contribution in [1.29, 1.82) is 0 Å². The summed E-state index contributed by atoms with van der Waals surface area (Å²) in [6.07, 6.45) is 3.23. The van der Waals surface area contributed by atoms with Crippen molar-refractivity contribution < 1.29 is 24.2 Å². The fraction of sp³-hybridized carbons (Fsp3) is 0.312. The highest BCUT2D eigenvalue weighted by molar-refractivity contribution is 8.18. The number of aliphatic carboxylic acids is 1. The number of halogens is 1. The van der Waals surface area contributed by atoms with Crippen molar-refractivity contribution in [2.75, 3.05) is 13.2 Å². The first-order chi connectivity index (χ1) is 11.4. The molecular formula is C16H15ClNO5S-. The Balaban J connectivity index is 2.13. The molecule has 6 nitrogen and oxygen atoms in total. The third-order valence-electron chi connectivity index (χ3n) is 3.21. The zero-order chi connectivity index (χ0) is 17.7. The topological polar surface area (TPSA) is 86.7 Å². The van der Waals surface area contributed by atoms with Crippen molar-refractivity contribution in [3.63, 3.8) is 0 Å². The smallest absolute Gasteiger partial charge is 0.293 e. The van der Waals surface area contributed by atoms with E-state index in [1.54, 1.807) is 12.1 Å². The van der Waals surface area contributed by atoms with Gasteiger partial charge in [0.1, 0.15) is 12.4 Å². The molecule has 0 saturated carbocycles. The monoisotopic (exact) mass is 368 g/mol. The van der Waals surface area contributed by atoms with Gasteiger partial charge in [0, 0.05) is 6.54 Å². The van der Waals surface area contributed by atoms with Crippen LogP contribution in [0.15, 0.2) is 23.1 Å². The van der Waals surface area contributed by atoms with Crippen molar-refractivity contribution in [2.45, 2.75) is 19.8 Å². The Bertz CT molecular complexity index is 704. The highest BCUT2D eigenvalue weighted by Crippen LogP contribution is 2.33. The van der Waals surface area contributed by atoms with Crippen LogP contribution in [0, 0.1) is 0 Å². The van der Waals surface area contributed by atoms with Crippen LogP contribution in [0.25, 0.3) is 6.08 Å². The molecule has 2 amide bonds. The van der Waals surface area contributed by atoms with Crippen LogP contribution in [0.4, 0.5) is 4.79 Å². The van der Waals surface area contributed by atoms with Crippen LogP contribution in [-0.2, 0) is 9.59 Å². The number of ether oxygens (including phenoxy) is 1. The van der Waals surface area contributed by atoms with Gasteiger partial charge in [-0.3, -0.25) is 14.5 Å². The molecule has 1 heterocycles. The molecule has 0 spiro atoms. The molecule has 0 aromatic heterocycles. The maximum Gasteiger partial charge on any atom is 0.293 e. The summed E-state index contributed by atoms with van der Waals surface area (Å²) in [4.78, 5) is 36.1. The van der Waals surface area contributed by atoms with E-state index in [2.05, 4.69) is 0 Å². The zero-order valence-corrected chi connectivity index (χ0v) is 14.5. The van der Waals surface area contributed by atoms with Gasteiger partial charge >= 0.3 is 0 Å². The molecule has 1 aromatic rings. The number of nitrogens with zero attached hydrogens (tertiary/aromatic N) is 1. The summed E-state index contributed by atoms with van der Waals surface area (Å²) in [5, 5.41) is 10.3. The second-order valence-corrected chi connectivity index (χ2v) is 6.44. The molecule has 1 fully saturated rings. The summed E-state index contributed by atoms with van der Waals surface area (Å²) in [5.41, 5.74) is 0.613. The molecule has 0 N–H and O–H groups in total. The van der Waals surface area contributed by atoms with Crippen LogP contribution in [0.5, 0.6) is 5.75 Å². The minimum absolute atomic E-state index is 0.203. The quantitative estimate of drug-likeness (QED) is 0.686. The van der Waals surface area contributed by atoms with Gasteiger partial charge < -0.3 is 14.6 Å². The van der Waals surface area contributed by atoms with Gasteiger partial charge in [0.15, 0.2) is 0 Å². The number of unbranched alkanes of at least 4 members (excludes halogenated alkanes) is 1. The van der Waals surface area contributed by atoms with E-state index in [0.29, 0.717) is 17.0 Å². The van der Waals surface area contributed by atoms with Gasteiger partial charge in [-0.2, -0.15) is 0 Å². The van der Waals surface area contributed by atoms with Crippen LogP contribution in [0.2, 0.25) is 5.02 Å². The molecule has 1 aliphatic heterocycles. The van der Waals surface area contributed by atoms with Crippen LogP contribution >= 0.6 is 23.4 Å². The van der Waals surface area contributed by atoms with E-state index in [1.165, 1.54) is 17.0 Å². The van der Waals surface area contributed by atoms with Gasteiger partial charge in [-0.1, -0.05) is 31.0 Å². The molecule has 0 aliphatic carbocycles. The number of amides is 2. The normalized spacial score (nSPS) is 16.1. The first kappa shape index (κ1) is 18.4. The second kappa shape index (κ2) is 8.21. The maximum absolute atomic E-state index is 12.2. The lowest BCUT2D eigenvalue weighted by Crippen LogP contribution is -2.29. The predicted molar refractivity (Wildman–Crippen MR) is 89.5 cm³/mol. The van der Waals surface area contributed by atoms with Gasteiger partial charge in [0.05, 0.1) is 15.9 Å². The summed E-state index contributed by atoms with van der Waals surface area (Å²) in [6.45, 7) is 1.80. The first-order valence-corrected chi connectivity index (χ1v) is 8.49. The van der Waals surface area contributed by atoms with Gasteiger partial charge in [-0.15, -0.1) is 0 Å². The molecular weight excluding hydrogens is 354 g/mol. The van der Waals surface area contributed by atoms with E-state index in [9.17, 15) is 19.5 Å². The van der Waals surface area contributed by atoms with E-state index in [-0.39, 0.29) is 21.9 Å². The number of imide groups is 1. The number of benzene rings is 1. The second-order valence-electron chi connectivity index (χ2n) is 5.04. The van der Waals surface area contributed by atoms with Crippen molar-refractivity contribution in [3.05, 3.63) is 33.7 Å². The van der Waals surface area contributed by atoms with E-state index >= 15 is 0 Å². The Morgan fingerprint density at radius 1 is 1.42 bits per heavy atom. The molecule has 0 atom stereocenters. The van der Waals surface area contributed by atoms with Crippen LogP contribution in [0.3, 0.4) is 0 Å². The SMILES string of the molecule is CCCCN1C(=O)S/C(=C\c2ccc(OCC(=O)[O-])c(Cl)c2)C1=O. The average molecular weight is 369 g/mol. The third kappa shape index (κ3) is 4.52. The van der Waals surface area contributed by atoms with Crippen molar-refractivity contribution in [2.24, 2.45) is 0 Å². The lowest BCUT2D eigenvalue weighted by atomic mass is 10.2. The summed E-state index contributed by atoms with van der Waals surface area (Å²) < 4.78 is 4.97. The number of hydrogen-bond acceptors (Lipinski definition) is 6.